The van der Waals surface area contributed by atoms with Gasteiger partial charge >= 0.3 is 0 Å². The predicted molar refractivity (Wildman–Crippen MR) is 114 cm³/mol. The van der Waals surface area contributed by atoms with Crippen molar-refractivity contribution in [2.45, 2.75) is 18.7 Å². The molecule has 0 aliphatic carbocycles. The Morgan fingerprint density at radius 2 is 2.07 bits per heavy atom. The number of aromatic amines is 1. The number of hydrogen-bond donors (Lipinski definition) is 2. The zero-order valence-corrected chi connectivity index (χ0v) is 17.7. The van der Waals surface area contributed by atoms with Crippen LogP contribution in [0.4, 0.5) is 5.69 Å². The van der Waals surface area contributed by atoms with Crippen LogP contribution in [0.5, 0.6) is 17.2 Å². The molecule has 10 heteroatoms. The Morgan fingerprint density at radius 3 is 2.90 bits per heavy atom. The van der Waals surface area contributed by atoms with Gasteiger partial charge in [-0.3, -0.25) is 9.89 Å². The number of ether oxygens (including phenoxy) is 3. The van der Waals surface area contributed by atoms with E-state index < -0.39 is 0 Å². The smallest absolute Gasteiger partial charge is 0.234 e. The van der Waals surface area contributed by atoms with Gasteiger partial charge in [0.2, 0.25) is 11.1 Å². The molecule has 2 N–H and O–H groups in total. The number of anilines is 1. The molecule has 0 radical (unpaired) electrons. The molecule has 0 saturated carbocycles. The summed E-state index contributed by atoms with van der Waals surface area (Å²) in [5, 5.41) is 10.9. The fraction of sp³-hybridized carbons (Fsp3) is 0.250. The van der Waals surface area contributed by atoms with Gasteiger partial charge in [-0.1, -0.05) is 23.4 Å². The van der Waals surface area contributed by atoms with E-state index in [9.17, 15) is 4.79 Å². The molecule has 4 rings (SSSR count). The lowest BCUT2D eigenvalue weighted by molar-refractivity contribution is -0.113. The van der Waals surface area contributed by atoms with Gasteiger partial charge in [0, 0.05) is 16.8 Å². The van der Waals surface area contributed by atoms with Gasteiger partial charge in [-0.2, -0.15) is 0 Å². The number of amides is 1. The zero-order chi connectivity index (χ0) is 20.9. The van der Waals surface area contributed by atoms with Crippen molar-refractivity contribution in [2.24, 2.45) is 0 Å². The molecule has 1 aliphatic heterocycles. The third kappa shape index (κ3) is 5.17. The Labute approximate surface area is 182 Å². The lowest BCUT2D eigenvalue weighted by Gasteiger charge is -2.18. The van der Waals surface area contributed by atoms with E-state index in [1.807, 2.05) is 13.0 Å². The van der Waals surface area contributed by atoms with Gasteiger partial charge < -0.3 is 19.5 Å². The molecule has 0 atom stereocenters. The van der Waals surface area contributed by atoms with Crippen LogP contribution in [0.2, 0.25) is 5.02 Å². The largest absolute Gasteiger partial charge is 0.486 e. The second kappa shape index (κ2) is 9.27. The van der Waals surface area contributed by atoms with Crippen LogP contribution >= 0.6 is 23.4 Å². The molecular weight excluding hydrogens is 428 g/mol. The molecule has 0 unspecified atom stereocenters. The van der Waals surface area contributed by atoms with Crippen LogP contribution in [0, 0.1) is 6.92 Å². The van der Waals surface area contributed by atoms with Crippen molar-refractivity contribution in [3.63, 3.8) is 0 Å². The number of fused-ring (bicyclic) bond motifs is 1. The van der Waals surface area contributed by atoms with Crippen molar-refractivity contribution < 1.29 is 19.0 Å². The molecule has 0 bridgehead atoms. The summed E-state index contributed by atoms with van der Waals surface area (Å²) in [6.45, 7) is 3.17. The first-order valence-corrected chi connectivity index (χ1v) is 10.6. The van der Waals surface area contributed by atoms with Crippen LogP contribution in [0.15, 0.2) is 41.6 Å². The molecule has 0 spiro atoms. The Morgan fingerprint density at radius 1 is 1.23 bits per heavy atom. The highest BCUT2D eigenvalue weighted by atomic mass is 35.5. The van der Waals surface area contributed by atoms with Crippen LogP contribution in [0.25, 0.3) is 0 Å². The third-order valence-electron chi connectivity index (χ3n) is 4.17. The first kappa shape index (κ1) is 20.4. The van der Waals surface area contributed by atoms with Gasteiger partial charge in [-0.25, -0.2) is 4.98 Å². The molecule has 1 aromatic heterocycles. The van der Waals surface area contributed by atoms with E-state index in [1.165, 1.54) is 11.8 Å². The van der Waals surface area contributed by atoms with Crippen molar-refractivity contribution in [2.75, 3.05) is 24.3 Å². The highest BCUT2D eigenvalue weighted by Crippen LogP contribution is 2.32. The third-order valence-corrected chi connectivity index (χ3v) is 5.45. The summed E-state index contributed by atoms with van der Waals surface area (Å²) in [5.41, 5.74) is 1.58. The number of nitrogens with one attached hydrogen (secondary N) is 2. The molecule has 0 saturated heterocycles. The average Bonchev–Trinajstić information content (AvgIpc) is 3.21. The lowest BCUT2D eigenvalue weighted by Crippen LogP contribution is -2.17. The van der Waals surface area contributed by atoms with E-state index >= 15 is 0 Å². The number of thioether (sulfide) groups is 1. The summed E-state index contributed by atoms with van der Waals surface area (Å²) >= 11 is 7.24. The first-order chi connectivity index (χ1) is 14.6. The van der Waals surface area contributed by atoms with Crippen molar-refractivity contribution >= 4 is 35.0 Å². The number of hydrogen-bond acceptors (Lipinski definition) is 7. The topological polar surface area (TPSA) is 98.4 Å². The summed E-state index contributed by atoms with van der Waals surface area (Å²) in [4.78, 5) is 16.6. The van der Waals surface area contributed by atoms with Gasteiger partial charge in [0.05, 0.1) is 5.75 Å². The van der Waals surface area contributed by atoms with Crippen LogP contribution in [-0.4, -0.2) is 40.1 Å². The fourth-order valence-electron chi connectivity index (χ4n) is 2.71. The molecule has 30 heavy (non-hydrogen) atoms. The average molecular weight is 447 g/mol. The minimum absolute atomic E-state index is 0.170. The Bertz CT molecular complexity index is 1060. The van der Waals surface area contributed by atoms with Crippen molar-refractivity contribution in [3.8, 4) is 17.2 Å². The van der Waals surface area contributed by atoms with Crippen LogP contribution in [0.1, 0.15) is 11.4 Å². The normalized spacial score (nSPS) is 12.5. The number of carbonyl (C=O) groups is 1. The molecule has 1 amide bonds. The zero-order valence-electron chi connectivity index (χ0n) is 16.1. The second-order valence-corrected chi connectivity index (χ2v) is 7.81. The molecule has 8 nitrogen and oxygen atoms in total. The SMILES string of the molecule is Cc1cc(OCc2nc(SCC(=O)Nc3ccc4c(c3)OCCO4)n[nH]2)ccc1Cl. The van der Waals surface area contributed by atoms with Crippen molar-refractivity contribution in [1.82, 2.24) is 15.2 Å². The molecule has 2 aromatic carbocycles. The van der Waals surface area contributed by atoms with E-state index in [0.717, 1.165) is 5.56 Å². The minimum atomic E-state index is -0.170. The second-order valence-electron chi connectivity index (χ2n) is 6.46. The number of nitrogens with zero attached hydrogens (tertiary/aromatic N) is 2. The Hall–Kier alpha value is -2.91. The molecule has 156 valence electrons. The van der Waals surface area contributed by atoms with E-state index in [2.05, 4.69) is 20.5 Å². The van der Waals surface area contributed by atoms with Crippen LogP contribution in [0.3, 0.4) is 0 Å². The van der Waals surface area contributed by atoms with E-state index in [4.69, 9.17) is 25.8 Å². The van der Waals surface area contributed by atoms with Crippen LogP contribution < -0.4 is 19.5 Å². The summed E-state index contributed by atoms with van der Waals surface area (Å²) in [6.07, 6.45) is 0. The number of benzene rings is 2. The van der Waals surface area contributed by atoms with Crippen molar-refractivity contribution in [1.29, 1.82) is 0 Å². The predicted octanol–water partition coefficient (Wildman–Crippen LogP) is 3.85. The maximum absolute atomic E-state index is 12.2. The molecule has 1 aliphatic rings. The molecule has 0 fully saturated rings. The highest BCUT2D eigenvalue weighted by Gasteiger charge is 2.13. The maximum Gasteiger partial charge on any atom is 0.234 e. The number of aryl methyl sites for hydroxylation is 1. The number of halogens is 1. The molecular formula is C20H19ClN4O4S. The molecule has 3 aromatic rings. The van der Waals surface area contributed by atoms with E-state index in [-0.39, 0.29) is 18.3 Å². The maximum atomic E-state index is 12.2. The van der Waals surface area contributed by atoms with E-state index in [1.54, 1.807) is 30.3 Å². The Kier molecular flexibility index (Phi) is 6.29. The van der Waals surface area contributed by atoms with Gasteiger partial charge in [-0.15, -0.1) is 5.10 Å². The first-order valence-electron chi connectivity index (χ1n) is 9.19. The number of carbonyl (C=O) groups excluding carboxylic acids is 1. The highest BCUT2D eigenvalue weighted by molar-refractivity contribution is 7.99. The summed E-state index contributed by atoms with van der Waals surface area (Å²) < 4.78 is 16.7. The summed E-state index contributed by atoms with van der Waals surface area (Å²) in [6, 6.07) is 10.7. The van der Waals surface area contributed by atoms with E-state index in [0.29, 0.717) is 52.2 Å². The lowest BCUT2D eigenvalue weighted by atomic mass is 10.2. The van der Waals surface area contributed by atoms with Gasteiger partial charge in [0.1, 0.15) is 25.6 Å². The quantitative estimate of drug-likeness (QED) is 0.532. The standard InChI is InChI=1S/C20H19ClN4O4S/c1-12-8-14(3-4-15(12)21)29-10-18-23-20(25-24-18)30-11-19(26)22-13-2-5-16-17(9-13)28-7-6-27-16/h2-5,8-9H,6-7,10-11H2,1H3,(H,22,26)(H,23,24,25). The Balaban J connectivity index is 1.25. The van der Waals surface area contributed by atoms with Gasteiger partial charge in [0.15, 0.2) is 17.3 Å². The minimum Gasteiger partial charge on any atom is -0.486 e. The monoisotopic (exact) mass is 446 g/mol. The number of aromatic nitrogens is 3. The number of H-pyrrole nitrogens is 1. The summed E-state index contributed by atoms with van der Waals surface area (Å²) in [5.74, 6) is 2.57. The molecule has 2 heterocycles. The fourth-order valence-corrected chi connectivity index (χ4v) is 3.45. The van der Waals surface area contributed by atoms with Gasteiger partial charge in [0.25, 0.3) is 0 Å². The van der Waals surface area contributed by atoms with Crippen LogP contribution in [-0.2, 0) is 11.4 Å². The number of rotatable bonds is 7. The summed E-state index contributed by atoms with van der Waals surface area (Å²) in [7, 11) is 0. The van der Waals surface area contributed by atoms with Gasteiger partial charge in [-0.05, 0) is 42.8 Å². The van der Waals surface area contributed by atoms with Crippen molar-refractivity contribution in [3.05, 3.63) is 52.8 Å².